The number of ketones is 1. The third-order valence-corrected chi connectivity index (χ3v) is 7.00. The highest BCUT2D eigenvalue weighted by atomic mass is 16.7. The summed E-state index contributed by atoms with van der Waals surface area (Å²) in [5.74, 6) is -2.16. The molecule has 1 atom stereocenters. The number of phenolic OH excluding ortho intramolecular Hbond substituents is 1. The maximum Gasteiger partial charge on any atom is 0.345 e. The summed E-state index contributed by atoms with van der Waals surface area (Å²) in [7, 11) is 0. The maximum absolute atomic E-state index is 13.8. The Morgan fingerprint density at radius 1 is 0.947 bits per heavy atom. The van der Waals surface area contributed by atoms with Crippen molar-refractivity contribution in [2.24, 2.45) is 0 Å². The summed E-state index contributed by atoms with van der Waals surface area (Å²) in [5.41, 5.74) is 6.30. The number of cyclic esters (lactones) is 1. The van der Waals surface area contributed by atoms with Crippen LogP contribution < -0.4 is 4.74 Å². The zero-order valence-corrected chi connectivity index (χ0v) is 22.9. The Hall–Kier alpha value is -3.86. The molecule has 0 fully saturated rings. The second kappa shape index (κ2) is 10.9. The first-order valence-electron chi connectivity index (χ1n) is 13.2. The summed E-state index contributed by atoms with van der Waals surface area (Å²) < 4.78 is 12.7. The van der Waals surface area contributed by atoms with Gasteiger partial charge in [-0.1, -0.05) is 85.5 Å². The molecule has 0 spiro atoms. The number of phenols is 1. The normalized spacial score (nSPS) is 16.4. The summed E-state index contributed by atoms with van der Waals surface area (Å²) in [6.45, 7) is 13.5. The number of Topliss-reactive ketones (excluding diaryl/α,β-unsaturated/α-hetero) is 1. The number of fused-ring (bicyclic) bond motifs is 1. The zero-order chi connectivity index (χ0) is 27.6. The summed E-state index contributed by atoms with van der Waals surface area (Å²) in [6, 6.07) is 15.0. The van der Waals surface area contributed by atoms with Crippen LogP contribution in [0.4, 0.5) is 0 Å². The van der Waals surface area contributed by atoms with Gasteiger partial charge in [-0.2, -0.15) is 0 Å². The molecule has 5 nitrogen and oxygen atoms in total. The van der Waals surface area contributed by atoms with Crippen molar-refractivity contribution in [3.05, 3.63) is 88.5 Å². The molecule has 0 saturated heterocycles. The molecule has 1 aliphatic rings. The van der Waals surface area contributed by atoms with Crippen LogP contribution in [0.1, 0.15) is 84.6 Å². The first-order valence-corrected chi connectivity index (χ1v) is 13.2. The van der Waals surface area contributed by atoms with Crippen molar-refractivity contribution in [3.63, 3.8) is 0 Å². The molecule has 3 aromatic carbocycles. The molecule has 0 aromatic heterocycles. The number of esters is 1. The number of carbonyl (C=O) groups is 2. The molecule has 0 saturated carbocycles. The van der Waals surface area contributed by atoms with E-state index in [4.69, 9.17) is 9.47 Å². The lowest BCUT2D eigenvalue weighted by molar-refractivity contribution is -0.171. The number of aryl methyl sites for hydroxylation is 3. The average molecular weight is 513 g/mol. The second-order valence-corrected chi connectivity index (χ2v) is 10.4. The molecule has 38 heavy (non-hydrogen) atoms. The van der Waals surface area contributed by atoms with Crippen molar-refractivity contribution in [3.8, 4) is 22.6 Å². The highest BCUT2D eigenvalue weighted by Crippen LogP contribution is 2.51. The Bertz CT molecular complexity index is 1400. The van der Waals surface area contributed by atoms with Crippen LogP contribution in [0.15, 0.2) is 55.1 Å². The van der Waals surface area contributed by atoms with Crippen molar-refractivity contribution in [1.82, 2.24) is 0 Å². The van der Waals surface area contributed by atoms with Gasteiger partial charge in [0.15, 0.2) is 5.75 Å². The fourth-order valence-electron chi connectivity index (χ4n) is 5.10. The zero-order valence-electron chi connectivity index (χ0n) is 22.9. The molecule has 0 radical (unpaired) electrons. The largest absolute Gasteiger partial charge is 0.507 e. The first-order chi connectivity index (χ1) is 18.1. The van der Waals surface area contributed by atoms with Crippen LogP contribution in [0.25, 0.3) is 16.7 Å². The van der Waals surface area contributed by atoms with Crippen LogP contribution in [0, 0.1) is 13.8 Å². The van der Waals surface area contributed by atoms with Crippen molar-refractivity contribution in [1.29, 1.82) is 0 Å². The molecular weight excluding hydrogens is 476 g/mol. The summed E-state index contributed by atoms with van der Waals surface area (Å²) in [5, 5.41) is 11.5. The van der Waals surface area contributed by atoms with E-state index in [1.807, 2.05) is 63.2 Å². The Balaban J connectivity index is 2.03. The predicted molar refractivity (Wildman–Crippen MR) is 150 cm³/mol. The number of carbonyl (C=O) groups excluding carboxylic acids is 2. The highest BCUT2D eigenvalue weighted by molar-refractivity contribution is 6.01. The average Bonchev–Trinajstić information content (AvgIpc) is 2.83. The molecule has 5 heteroatoms. The molecule has 4 rings (SSSR count). The molecular formula is C33H36O5. The van der Waals surface area contributed by atoms with Crippen molar-refractivity contribution >= 4 is 17.3 Å². The lowest BCUT2D eigenvalue weighted by Gasteiger charge is -2.39. The number of aromatic hydroxyl groups is 1. The van der Waals surface area contributed by atoms with Gasteiger partial charge in [-0.15, -0.1) is 0 Å². The number of unbranched alkanes of at least 4 members (excludes halogenated alkanes) is 2. The number of hydrogen-bond donors (Lipinski definition) is 1. The van der Waals surface area contributed by atoms with Crippen molar-refractivity contribution < 1.29 is 24.2 Å². The summed E-state index contributed by atoms with van der Waals surface area (Å²) >= 11 is 0. The third kappa shape index (κ3) is 5.24. The SMILES string of the molecule is C=C(C)c1ccc(C)cc1-c1c(O)cc(CCCCC)c2c1OC(CC(C)=O)(c1ccc(C)cc1)OC2=O. The van der Waals surface area contributed by atoms with E-state index in [-0.39, 0.29) is 23.7 Å². The third-order valence-electron chi connectivity index (χ3n) is 7.00. The minimum absolute atomic E-state index is 0.0127. The second-order valence-electron chi connectivity index (χ2n) is 10.4. The van der Waals surface area contributed by atoms with Gasteiger partial charge >= 0.3 is 5.97 Å². The van der Waals surface area contributed by atoms with Gasteiger partial charge < -0.3 is 14.6 Å². The van der Waals surface area contributed by atoms with Crippen molar-refractivity contribution in [2.75, 3.05) is 0 Å². The quantitative estimate of drug-likeness (QED) is 0.234. The van der Waals surface area contributed by atoms with Crippen LogP contribution in [0.2, 0.25) is 0 Å². The summed E-state index contributed by atoms with van der Waals surface area (Å²) in [6.07, 6.45) is 3.29. The van der Waals surface area contributed by atoms with Gasteiger partial charge in [0.1, 0.15) is 17.1 Å². The highest BCUT2D eigenvalue weighted by Gasteiger charge is 2.47. The van der Waals surface area contributed by atoms with Crippen LogP contribution in [-0.4, -0.2) is 16.9 Å². The molecule has 1 N–H and O–H groups in total. The van der Waals surface area contributed by atoms with Crippen LogP contribution >= 0.6 is 0 Å². The monoisotopic (exact) mass is 512 g/mol. The molecule has 1 unspecified atom stereocenters. The number of hydrogen-bond acceptors (Lipinski definition) is 5. The van der Waals surface area contributed by atoms with E-state index in [2.05, 4.69) is 13.5 Å². The Morgan fingerprint density at radius 2 is 1.63 bits per heavy atom. The van der Waals surface area contributed by atoms with E-state index in [0.29, 0.717) is 34.2 Å². The Kier molecular flexibility index (Phi) is 7.77. The molecule has 198 valence electrons. The van der Waals surface area contributed by atoms with E-state index in [1.54, 1.807) is 6.07 Å². The van der Waals surface area contributed by atoms with Crippen LogP contribution in [0.3, 0.4) is 0 Å². The van der Waals surface area contributed by atoms with Gasteiger partial charge in [-0.25, -0.2) is 4.79 Å². The van der Waals surface area contributed by atoms with Gasteiger partial charge in [-0.05, 0) is 63.3 Å². The smallest absolute Gasteiger partial charge is 0.345 e. The van der Waals surface area contributed by atoms with Crippen molar-refractivity contribution in [2.45, 2.75) is 72.5 Å². The maximum atomic E-state index is 13.8. The minimum Gasteiger partial charge on any atom is -0.507 e. The standard InChI is InChI=1S/C33H36O5/c1-7-8-9-10-24-18-28(35)30(27-17-22(5)13-16-26(27)20(2)3)31-29(24)32(36)38-33(37-31,19-23(6)34)25-14-11-21(4)12-15-25/h11-18,35H,2,7-10,19H2,1,3-6H3. The lowest BCUT2D eigenvalue weighted by Crippen LogP contribution is -2.44. The lowest BCUT2D eigenvalue weighted by atomic mass is 9.87. The number of rotatable bonds is 9. The Morgan fingerprint density at radius 3 is 2.26 bits per heavy atom. The number of allylic oxidation sites excluding steroid dienone is 1. The van der Waals surface area contributed by atoms with E-state index >= 15 is 0 Å². The molecule has 1 aliphatic heterocycles. The fraction of sp³-hybridized carbons (Fsp3) is 0.333. The molecule has 0 aliphatic carbocycles. The van der Waals surface area contributed by atoms with Gasteiger partial charge in [0.2, 0.25) is 0 Å². The number of ether oxygens (including phenoxy) is 2. The molecule has 3 aromatic rings. The van der Waals surface area contributed by atoms with Crippen LogP contribution in [-0.2, 0) is 21.7 Å². The number of benzene rings is 3. The van der Waals surface area contributed by atoms with E-state index < -0.39 is 11.8 Å². The summed E-state index contributed by atoms with van der Waals surface area (Å²) in [4.78, 5) is 26.3. The van der Waals surface area contributed by atoms with E-state index in [1.165, 1.54) is 6.92 Å². The minimum atomic E-state index is -1.65. The Labute approximate surface area is 225 Å². The topological polar surface area (TPSA) is 72.8 Å². The van der Waals surface area contributed by atoms with E-state index in [9.17, 15) is 14.7 Å². The van der Waals surface area contributed by atoms with Gasteiger partial charge in [-0.3, -0.25) is 4.79 Å². The van der Waals surface area contributed by atoms with Gasteiger partial charge in [0, 0.05) is 5.56 Å². The van der Waals surface area contributed by atoms with Crippen LogP contribution in [0.5, 0.6) is 11.5 Å². The predicted octanol–water partition coefficient (Wildman–Crippen LogP) is 7.82. The van der Waals surface area contributed by atoms with E-state index in [0.717, 1.165) is 41.5 Å². The molecule has 0 bridgehead atoms. The molecule has 1 heterocycles. The molecule has 0 amide bonds. The fourth-order valence-corrected chi connectivity index (χ4v) is 5.10. The first kappa shape index (κ1) is 27.2. The van der Waals surface area contributed by atoms with Gasteiger partial charge in [0.05, 0.1) is 12.0 Å². The van der Waals surface area contributed by atoms with Gasteiger partial charge in [0.25, 0.3) is 5.79 Å².